The molecule has 0 saturated heterocycles. The Morgan fingerprint density at radius 2 is 1.00 bits per heavy atom. The van der Waals surface area contributed by atoms with Gasteiger partial charge in [-0.05, 0) is 12.5 Å². The van der Waals surface area contributed by atoms with Gasteiger partial charge >= 0.3 is 23.9 Å². The number of benzene rings is 1. The van der Waals surface area contributed by atoms with Gasteiger partial charge < -0.3 is 20.4 Å². The van der Waals surface area contributed by atoms with E-state index in [4.69, 9.17) is 32.0 Å². The van der Waals surface area contributed by atoms with E-state index in [1.54, 1.807) is 0 Å². The second-order valence-electron chi connectivity index (χ2n) is 3.66. The van der Waals surface area contributed by atoms with Crippen molar-refractivity contribution < 1.29 is 39.6 Å². The molecule has 0 heterocycles. The third-order valence-electron chi connectivity index (χ3n) is 2.53. The van der Waals surface area contributed by atoms with Gasteiger partial charge in [-0.3, -0.25) is 0 Å². The number of carboxylic acids is 4. The zero-order valence-electron chi connectivity index (χ0n) is 9.80. The van der Waals surface area contributed by atoms with Gasteiger partial charge in [0.25, 0.3) is 0 Å². The van der Waals surface area contributed by atoms with Crippen LogP contribution in [0.25, 0.3) is 0 Å². The molecule has 20 heavy (non-hydrogen) atoms. The van der Waals surface area contributed by atoms with Crippen LogP contribution in [0.5, 0.6) is 0 Å². The Labute approximate surface area is 115 Å². The quantitative estimate of drug-likeness (QED) is 0.652. The molecular weight excluding hydrogens is 296 g/mol. The second kappa shape index (κ2) is 5.17. The fraction of sp³-hybridized carbons (Fsp3) is 0.0909. The van der Waals surface area contributed by atoms with Gasteiger partial charge in [-0.2, -0.15) is 0 Å². The van der Waals surface area contributed by atoms with Crippen LogP contribution >= 0.6 is 11.6 Å². The van der Waals surface area contributed by atoms with Crippen molar-refractivity contribution in [3.8, 4) is 0 Å². The molecule has 0 fully saturated rings. The number of hydrogen-bond acceptors (Lipinski definition) is 4. The van der Waals surface area contributed by atoms with Crippen LogP contribution in [0.4, 0.5) is 0 Å². The summed E-state index contributed by atoms with van der Waals surface area (Å²) in [5.74, 6) is -7.26. The van der Waals surface area contributed by atoms with Crippen molar-refractivity contribution >= 4 is 35.5 Å². The second-order valence-corrected chi connectivity index (χ2v) is 4.04. The summed E-state index contributed by atoms with van der Waals surface area (Å²) in [4.78, 5) is 44.4. The van der Waals surface area contributed by atoms with Crippen LogP contribution in [-0.2, 0) is 0 Å². The van der Waals surface area contributed by atoms with Crippen LogP contribution < -0.4 is 0 Å². The van der Waals surface area contributed by atoms with Crippen molar-refractivity contribution in [2.45, 2.75) is 6.92 Å². The molecule has 8 nitrogen and oxygen atoms in total. The highest BCUT2D eigenvalue weighted by atomic mass is 35.5. The summed E-state index contributed by atoms with van der Waals surface area (Å²) in [5.41, 5.74) is -4.44. The number of halogens is 1. The number of hydrogen-bond donors (Lipinski definition) is 4. The summed E-state index contributed by atoms with van der Waals surface area (Å²) >= 11 is 5.66. The van der Waals surface area contributed by atoms with Crippen LogP contribution in [0.1, 0.15) is 47.0 Å². The molecule has 0 aliphatic carbocycles. The molecule has 1 rings (SSSR count). The standard InChI is InChI=1S/C11H7ClO8/c1-2-3(8(13)14)4(9(15)16)5(10(17)18)6(7(2)12)11(19)20/h1H3,(H,13,14)(H,15,16)(H,17,18)(H,19,20). The molecule has 0 bridgehead atoms. The van der Waals surface area contributed by atoms with Gasteiger partial charge in [-0.15, -0.1) is 0 Å². The van der Waals surface area contributed by atoms with Crippen molar-refractivity contribution in [1.82, 2.24) is 0 Å². The third-order valence-corrected chi connectivity index (χ3v) is 3.00. The lowest BCUT2D eigenvalue weighted by Gasteiger charge is -2.14. The van der Waals surface area contributed by atoms with Gasteiger partial charge in [0.1, 0.15) is 0 Å². The first-order valence-electron chi connectivity index (χ1n) is 4.90. The van der Waals surface area contributed by atoms with Crippen molar-refractivity contribution in [3.63, 3.8) is 0 Å². The van der Waals surface area contributed by atoms with E-state index in [9.17, 15) is 19.2 Å². The van der Waals surface area contributed by atoms with Crippen molar-refractivity contribution in [2.75, 3.05) is 0 Å². The lowest BCUT2D eigenvalue weighted by molar-refractivity contribution is 0.0619. The molecule has 1 aromatic carbocycles. The smallest absolute Gasteiger partial charge is 0.338 e. The van der Waals surface area contributed by atoms with Crippen LogP contribution in [-0.4, -0.2) is 44.3 Å². The largest absolute Gasteiger partial charge is 0.478 e. The van der Waals surface area contributed by atoms with E-state index >= 15 is 0 Å². The summed E-state index contributed by atoms with van der Waals surface area (Å²) in [7, 11) is 0. The fourth-order valence-electron chi connectivity index (χ4n) is 1.74. The highest BCUT2D eigenvalue weighted by Gasteiger charge is 2.34. The average molecular weight is 303 g/mol. The van der Waals surface area contributed by atoms with E-state index in [1.807, 2.05) is 0 Å². The van der Waals surface area contributed by atoms with Gasteiger partial charge in [-0.1, -0.05) is 11.6 Å². The van der Waals surface area contributed by atoms with Crippen molar-refractivity contribution in [3.05, 3.63) is 32.8 Å². The summed E-state index contributed by atoms with van der Waals surface area (Å²) in [6, 6.07) is 0. The Bertz CT molecular complexity index is 604. The molecular formula is C11H7ClO8. The highest BCUT2D eigenvalue weighted by Crippen LogP contribution is 2.32. The minimum absolute atomic E-state index is 0.334. The SMILES string of the molecule is Cc1c(Cl)c(C(=O)O)c(C(=O)O)c(C(=O)O)c1C(=O)O. The molecule has 0 aromatic heterocycles. The number of aromatic carboxylic acids is 4. The van der Waals surface area contributed by atoms with E-state index in [2.05, 4.69) is 0 Å². The maximum absolute atomic E-state index is 11.1. The van der Waals surface area contributed by atoms with Crippen LogP contribution in [0, 0.1) is 6.92 Å². The van der Waals surface area contributed by atoms with E-state index in [-0.39, 0.29) is 5.56 Å². The highest BCUT2D eigenvalue weighted by molar-refractivity contribution is 6.36. The fourth-order valence-corrected chi connectivity index (χ4v) is 2.01. The van der Waals surface area contributed by atoms with Crippen LogP contribution in [0.2, 0.25) is 5.02 Å². The lowest BCUT2D eigenvalue weighted by atomic mass is 9.91. The zero-order valence-corrected chi connectivity index (χ0v) is 10.6. The number of rotatable bonds is 4. The predicted octanol–water partition coefficient (Wildman–Crippen LogP) is 1.44. The molecule has 0 saturated carbocycles. The summed E-state index contributed by atoms with van der Waals surface area (Å²) < 4.78 is 0. The molecule has 0 amide bonds. The van der Waals surface area contributed by atoms with Crippen molar-refractivity contribution in [1.29, 1.82) is 0 Å². The monoisotopic (exact) mass is 302 g/mol. The molecule has 0 radical (unpaired) electrons. The van der Waals surface area contributed by atoms with Crippen molar-refractivity contribution in [2.24, 2.45) is 0 Å². The molecule has 0 spiro atoms. The molecule has 4 N–H and O–H groups in total. The topological polar surface area (TPSA) is 149 Å². The Morgan fingerprint density at radius 1 is 0.700 bits per heavy atom. The Balaban J connectivity index is 4.14. The molecule has 9 heteroatoms. The van der Waals surface area contributed by atoms with E-state index in [1.165, 1.54) is 0 Å². The molecule has 0 aliphatic heterocycles. The minimum atomic E-state index is -1.90. The van der Waals surface area contributed by atoms with Gasteiger partial charge in [0.05, 0.1) is 27.3 Å². The van der Waals surface area contributed by atoms with E-state index in [0.29, 0.717) is 0 Å². The zero-order chi connectivity index (χ0) is 15.8. The Morgan fingerprint density at radius 3 is 1.30 bits per heavy atom. The summed E-state index contributed by atoms with van der Waals surface area (Å²) in [6.45, 7) is 1.09. The van der Waals surface area contributed by atoms with Crippen LogP contribution in [0.3, 0.4) is 0 Å². The van der Waals surface area contributed by atoms with Crippen LogP contribution in [0.15, 0.2) is 0 Å². The average Bonchev–Trinajstić information content (AvgIpc) is 2.29. The maximum Gasteiger partial charge on any atom is 0.338 e. The number of carboxylic acid groups (broad SMARTS) is 4. The van der Waals surface area contributed by atoms with Gasteiger partial charge in [0.2, 0.25) is 0 Å². The summed E-state index contributed by atoms with van der Waals surface area (Å²) in [5, 5.41) is 35.3. The minimum Gasteiger partial charge on any atom is -0.478 e. The summed E-state index contributed by atoms with van der Waals surface area (Å²) in [6.07, 6.45) is 0. The van der Waals surface area contributed by atoms with Gasteiger partial charge in [0, 0.05) is 0 Å². The number of carbonyl (C=O) groups is 4. The van der Waals surface area contributed by atoms with Gasteiger partial charge in [0.15, 0.2) is 0 Å². The Kier molecular flexibility index (Phi) is 4.00. The lowest BCUT2D eigenvalue weighted by Crippen LogP contribution is -2.21. The van der Waals surface area contributed by atoms with Gasteiger partial charge in [-0.25, -0.2) is 19.2 Å². The third kappa shape index (κ3) is 2.28. The first kappa shape index (κ1) is 15.4. The first-order valence-corrected chi connectivity index (χ1v) is 5.28. The molecule has 106 valence electrons. The normalized spacial score (nSPS) is 10.1. The molecule has 0 unspecified atom stereocenters. The molecule has 0 atom stereocenters. The van der Waals surface area contributed by atoms with E-state index < -0.39 is 51.2 Å². The molecule has 0 aliphatic rings. The van der Waals surface area contributed by atoms with E-state index in [0.717, 1.165) is 6.92 Å². The maximum atomic E-state index is 11.1. The first-order chi connectivity index (χ1) is 9.11. The Hall–Kier alpha value is -2.61. The predicted molar refractivity (Wildman–Crippen MR) is 64.0 cm³/mol. The molecule has 1 aromatic rings.